The summed E-state index contributed by atoms with van der Waals surface area (Å²) < 4.78 is 0. The first kappa shape index (κ1) is 11.5. The fraction of sp³-hybridized carbons (Fsp3) is 0.917. The predicted molar refractivity (Wildman–Crippen MR) is 57.2 cm³/mol. The van der Waals surface area contributed by atoms with Gasteiger partial charge in [-0.05, 0) is 25.2 Å². The van der Waals surface area contributed by atoms with Crippen molar-refractivity contribution in [2.45, 2.75) is 58.8 Å². The Hall–Kier alpha value is -0.530. The van der Waals surface area contributed by atoms with Crippen LogP contribution < -0.4 is 0 Å². The number of rotatable bonds is 7. The maximum Gasteiger partial charge on any atom is 0.309 e. The van der Waals surface area contributed by atoms with Gasteiger partial charge in [0.25, 0.3) is 0 Å². The normalized spacial score (nSPS) is 20.4. The van der Waals surface area contributed by atoms with Crippen LogP contribution in [0.1, 0.15) is 58.8 Å². The third-order valence-electron chi connectivity index (χ3n) is 3.52. The molecule has 0 spiro atoms. The summed E-state index contributed by atoms with van der Waals surface area (Å²) in [5.41, 5.74) is -0.406. The van der Waals surface area contributed by atoms with E-state index in [4.69, 9.17) is 0 Å². The SMILES string of the molecule is CCCCC(CC)(CC1CC1)C(=O)O. The Morgan fingerprint density at radius 2 is 2.07 bits per heavy atom. The molecule has 0 radical (unpaired) electrons. The van der Waals surface area contributed by atoms with Gasteiger partial charge >= 0.3 is 5.97 Å². The van der Waals surface area contributed by atoms with E-state index in [-0.39, 0.29) is 0 Å². The average Bonchev–Trinajstić information content (AvgIpc) is 2.95. The highest BCUT2D eigenvalue weighted by atomic mass is 16.4. The van der Waals surface area contributed by atoms with E-state index in [1.807, 2.05) is 6.92 Å². The summed E-state index contributed by atoms with van der Waals surface area (Å²) in [6.45, 7) is 4.14. The van der Waals surface area contributed by atoms with Crippen molar-refractivity contribution in [1.82, 2.24) is 0 Å². The second-order valence-corrected chi connectivity index (χ2v) is 4.69. The van der Waals surface area contributed by atoms with Gasteiger partial charge in [-0.15, -0.1) is 0 Å². The largest absolute Gasteiger partial charge is 0.481 e. The van der Waals surface area contributed by atoms with Crippen molar-refractivity contribution >= 4 is 5.97 Å². The Labute approximate surface area is 86.7 Å². The van der Waals surface area contributed by atoms with Crippen LogP contribution >= 0.6 is 0 Å². The second-order valence-electron chi connectivity index (χ2n) is 4.69. The lowest BCUT2D eigenvalue weighted by molar-refractivity contribution is -0.150. The lowest BCUT2D eigenvalue weighted by atomic mass is 9.76. The van der Waals surface area contributed by atoms with Crippen LogP contribution in [0.25, 0.3) is 0 Å². The first-order chi connectivity index (χ1) is 6.64. The van der Waals surface area contributed by atoms with E-state index in [2.05, 4.69) is 6.92 Å². The van der Waals surface area contributed by atoms with Crippen molar-refractivity contribution in [3.63, 3.8) is 0 Å². The van der Waals surface area contributed by atoms with Gasteiger partial charge in [0.05, 0.1) is 5.41 Å². The van der Waals surface area contributed by atoms with Gasteiger partial charge in [-0.3, -0.25) is 4.79 Å². The molecule has 2 heteroatoms. The molecule has 1 saturated carbocycles. The van der Waals surface area contributed by atoms with Gasteiger partial charge in [-0.2, -0.15) is 0 Å². The van der Waals surface area contributed by atoms with Crippen LogP contribution in [0.2, 0.25) is 0 Å². The van der Waals surface area contributed by atoms with E-state index in [0.717, 1.165) is 32.1 Å². The van der Waals surface area contributed by atoms with Gasteiger partial charge in [0.2, 0.25) is 0 Å². The zero-order valence-electron chi connectivity index (χ0n) is 9.38. The molecule has 1 rings (SSSR count). The summed E-state index contributed by atoms with van der Waals surface area (Å²) in [6.07, 6.45) is 7.22. The standard InChI is InChI=1S/C12H22O2/c1-3-5-8-12(4-2,11(13)14)9-10-6-7-10/h10H,3-9H2,1-2H3,(H,13,14). The summed E-state index contributed by atoms with van der Waals surface area (Å²) in [7, 11) is 0. The molecule has 1 atom stereocenters. The highest BCUT2D eigenvalue weighted by molar-refractivity contribution is 5.74. The highest BCUT2D eigenvalue weighted by Gasteiger charge is 2.40. The Morgan fingerprint density at radius 1 is 1.43 bits per heavy atom. The molecule has 82 valence electrons. The van der Waals surface area contributed by atoms with Crippen molar-refractivity contribution in [3.05, 3.63) is 0 Å². The minimum atomic E-state index is -0.569. The lowest BCUT2D eigenvalue weighted by Gasteiger charge is -2.28. The predicted octanol–water partition coefficient (Wildman–Crippen LogP) is 3.46. The van der Waals surface area contributed by atoms with Gasteiger partial charge in [0, 0.05) is 0 Å². The molecule has 1 N–H and O–H groups in total. The minimum absolute atomic E-state index is 0.406. The fourth-order valence-corrected chi connectivity index (χ4v) is 2.16. The molecular formula is C12H22O2. The molecule has 1 fully saturated rings. The molecule has 0 saturated heterocycles. The van der Waals surface area contributed by atoms with E-state index in [1.165, 1.54) is 12.8 Å². The maximum atomic E-state index is 11.3. The van der Waals surface area contributed by atoms with Gasteiger partial charge < -0.3 is 5.11 Å². The number of carbonyl (C=O) groups is 1. The number of carboxylic acids is 1. The Bertz CT molecular complexity index is 196. The molecule has 0 aromatic rings. The molecule has 1 aliphatic carbocycles. The van der Waals surface area contributed by atoms with Crippen LogP contribution in [0.15, 0.2) is 0 Å². The second kappa shape index (κ2) is 4.81. The zero-order valence-corrected chi connectivity index (χ0v) is 9.38. The van der Waals surface area contributed by atoms with Crippen LogP contribution in [0, 0.1) is 11.3 Å². The summed E-state index contributed by atoms with van der Waals surface area (Å²) in [5, 5.41) is 9.33. The zero-order chi connectivity index (χ0) is 10.6. The third-order valence-corrected chi connectivity index (χ3v) is 3.52. The highest BCUT2D eigenvalue weighted by Crippen LogP contribution is 2.44. The minimum Gasteiger partial charge on any atom is -0.481 e. The van der Waals surface area contributed by atoms with Crippen LogP contribution in [-0.2, 0) is 4.79 Å². The van der Waals surface area contributed by atoms with Crippen LogP contribution in [0.5, 0.6) is 0 Å². The Kier molecular flexibility index (Phi) is 3.97. The van der Waals surface area contributed by atoms with E-state index in [1.54, 1.807) is 0 Å². The summed E-state index contributed by atoms with van der Waals surface area (Å²) in [5.74, 6) is 0.142. The summed E-state index contributed by atoms with van der Waals surface area (Å²) in [4.78, 5) is 11.3. The number of carboxylic acid groups (broad SMARTS) is 1. The molecule has 0 amide bonds. The van der Waals surface area contributed by atoms with Crippen molar-refractivity contribution < 1.29 is 9.90 Å². The fourth-order valence-electron chi connectivity index (χ4n) is 2.16. The molecular weight excluding hydrogens is 176 g/mol. The average molecular weight is 198 g/mol. The Morgan fingerprint density at radius 3 is 2.43 bits per heavy atom. The van der Waals surface area contributed by atoms with Crippen molar-refractivity contribution in [2.75, 3.05) is 0 Å². The molecule has 0 bridgehead atoms. The first-order valence-corrected chi connectivity index (χ1v) is 5.88. The van der Waals surface area contributed by atoms with E-state index in [9.17, 15) is 9.90 Å². The smallest absolute Gasteiger partial charge is 0.309 e. The topological polar surface area (TPSA) is 37.3 Å². The first-order valence-electron chi connectivity index (χ1n) is 5.88. The van der Waals surface area contributed by atoms with Gasteiger partial charge in [0.1, 0.15) is 0 Å². The molecule has 14 heavy (non-hydrogen) atoms. The van der Waals surface area contributed by atoms with Gasteiger partial charge in [0.15, 0.2) is 0 Å². The number of aliphatic carboxylic acids is 1. The molecule has 0 heterocycles. The summed E-state index contributed by atoms with van der Waals surface area (Å²) >= 11 is 0. The molecule has 1 unspecified atom stereocenters. The molecule has 0 aromatic carbocycles. The Balaban J connectivity index is 2.57. The maximum absolute atomic E-state index is 11.3. The van der Waals surface area contributed by atoms with E-state index >= 15 is 0 Å². The van der Waals surface area contributed by atoms with Crippen LogP contribution in [-0.4, -0.2) is 11.1 Å². The van der Waals surface area contributed by atoms with E-state index in [0.29, 0.717) is 5.92 Å². The van der Waals surface area contributed by atoms with Gasteiger partial charge in [-0.1, -0.05) is 39.5 Å². The summed E-state index contributed by atoms with van der Waals surface area (Å²) in [6, 6.07) is 0. The monoisotopic (exact) mass is 198 g/mol. The molecule has 2 nitrogen and oxygen atoms in total. The van der Waals surface area contributed by atoms with Crippen molar-refractivity contribution in [1.29, 1.82) is 0 Å². The quantitative estimate of drug-likeness (QED) is 0.680. The third kappa shape index (κ3) is 2.73. The number of hydrogen-bond donors (Lipinski definition) is 1. The van der Waals surface area contributed by atoms with Crippen LogP contribution in [0.3, 0.4) is 0 Å². The van der Waals surface area contributed by atoms with Crippen molar-refractivity contribution in [3.8, 4) is 0 Å². The molecule has 0 aromatic heterocycles. The molecule has 0 aliphatic heterocycles. The van der Waals surface area contributed by atoms with Crippen LogP contribution in [0.4, 0.5) is 0 Å². The lowest BCUT2D eigenvalue weighted by Crippen LogP contribution is -2.31. The van der Waals surface area contributed by atoms with Crippen molar-refractivity contribution in [2.24, 2.45) is 11.3 Å². The van der Waals surface area contributed by atoms with Gasteiger partial charge in [-0.25, -0.2) is 0 Å². The number of unbranched alkanes of at least 4 members (excludes halogenated alkanes) is 1. The molecule has 1 aliphatic rings. The van der Waals surface area contributed by atoms with E-state index < -0.39 is 11.4 Å². The number of hydrogen-bond acceptors (Lipinski definition) is 1.